The fourth-order valence-corrected chi connectivity index (χ4v) is 6.89. The Labute approximate surface area is 382 Å². The van der Waals surface area contributed by atoms with Gasteiger partial charge in [0, 0.05) is 39.9 Å². The summed E-state index contributed by atoms with van der Waals surface area (Å²) in [6, 6.07) is 51.4. The number of aromatic nitrogens is 5. The Morgan fingerprint density at radius 2 is 0.846 bits per heavy atom. The van der Waals surface area contributed by atoms with Gasteiger partial charge in [0.15, 0.2) is 0 Å². The topological polar surface area (TPSA) is 192 Å². The second kappa shape index (κ2) is 20.5. The number of carbonyl (C=O) groups excluding carboxylic acids is 2. The summed E-state index contributed by atoms with van der Waals surface area (Å²) in [5, 5.41) is 21.5. The van der Waals surface area contributed by atoms with Crippen molar-refractivity contribution in [2.24, 2.45) is 0 Å². The first-order valence-corrected chi connectivity index (χ1v) is 19.5. The van der Waals surface area contributed by atoms with Crippen LogP contribution in [-0.4, -0.2) is 60.0 Å². The van der Waals surface area contributed by atoms with Crippen LogP contribution in [0.3, 0.4) is 0 Å². The van der Waals surface area contributed by atoms with E-state index in [-0.39, 0.29) is 30.6 Å². The molecule has 0 aliphatic rings. The van der Waals surface area contributed by atoms with Gasteiger partial charge in [-0.1, -0.05) is 72.8 Å². The van der Waals surface area contributed by atoms with Crippen molar-refractivity contribution >= 4 is 68.5 Å². The summed E-state index contributed by atoms with van der Waals surface area (Å²) in [6.07, 6.45) is 1.79. The summed E-state index contributed by atoms with van der Waals surface area (Å²) in [6.45, 7) is 0.751. The van der Waals surface area contributed by atoms with Gasteiger partial charge in [-0.2, -0.15) is 0 Å². The van der Waals surface area contributed by atoms with Gasteiger partial charge in [-0.15, -0.1) is 35.9 Å². The van der Waals surface area contributed by atoms with Crippen molar-refractivity contribution in [3.8, 4) is 45.5 Å². The molecule has 2 N–H and O–H groups in total. The second-order valence-corrected chi connectivity index (χ2v) is 13.7. The maximum Gasteiger partial charge on any atom is 1.00 e. The predicted octanol–water partition coefficient (Wildman–Crippen LogP) is 9.91. The van der Waals surface area contributed by atoms with Crippen molar-refractivity contribution in [2.45, 2.75) is 0 Å². The van der Waals surface area contributed by atoms with E-state index in [2.05, 4.69) is 31.0 Å². The molecule has 0 atom stereocenters. The minimum absolute atomic E-state index is 0. The summed E-state index contributed by atoms with van der Waals surface area (Å²) >= 11 is 0. The fraction of sp³-hybridized carbons (Fsp3) is 0. The molecule has 5 heterocycles. The number of para-hydroxylation sites is 4. The molecule has 0 unspecified atom stereocenters. The van der Waals surface area contributed by atoms with Gasteiger partial charge in [0.25, 0.3) is 12.9 Å². The largest absolute Gasteiger partial charge is 1.00 e. The van der Waals surface area contributed by atoms with Crippen LogP contribution < -0.4 is 9.47 Å². The minimum Gasteiger partial charge on any atom is -0.478 e. The standard InChI is InChI=1S/2C20H12N2O4.C11H8N.Ru/c23-11-25-19-9-17(21-15-7-3-1-5-13(15)19)18-10-20(26-12-24)14-6-2-4-8-16(14)22-18;23-19(24)13-9-17(21-15-7-3-1-5-11(13)15)18-10-14(20(25)26)12-6-2-4-8-16(12)22-18;1-2-6-10(7-3-1)11-8-4-5-9-12-11;/h1-12H;1-10H,(H,23,24)(H,25,26);1-6,8-9H;/q;;-1;+1. The van der Waals surface area contributed by atoms with Crippen LogP contribution in [0.2, 0.25) is 0 Å². The molecular weight excluding hydrogens is 912 g/mol. The zero-order valence-electron chi connectivity index (χ0n) is 33.8. The monoisotopic (exact) mass is 944 g/mol. The molecule has 10 aromatic rings. The zero-order valence-corrected chi connectivity index (χ0v) is 35.5. The van der Waals surface area contributed by atoms with Crippen LogP contribution in [0.15, 0.2) is 170 Å². The molecule has 5 aromatic heterocycles. The van der Waals surface area contributed by atoms with Gasteiger partial charge in [-0.3, -0.25) is 9.59 Å². The number of carboxylic acid groups (broad SMARTS) is 2. The van der Waals surface area contributed by atoms with Crippen LogP contribution in [0.25, 0.3) is 77.6 Å². The normalized spacial score (nSPS) is 10.4. The molecule has 317 valence electrons. The summed E-state index contributed by atoms with van der Waals surface area (Å²) in [5.74, 6) is -1.39. The summed E-state index contributed by atoms with van der Waals surface area (Å²) in [5.41, 5.74) is 6.17. The van der Waals surface area contributed by atoms with Gasteiger partial charge in [-0.25, -0.2) is 29.5 Å². The number of benzene rings is 5. The number of hydrogen-bond acceptors (Lipinski definition) is 11. The van der Waals surface area contributed by atoms with Crippen LogP contribution in [0, 0.1) is 6.07 Å². The maximum absolute atomic E-state index is 11.6. The fourth-order valence-electron chi connectivity index (χ4n) is 6.89. The summed E-state index contributed by atoms with van der Waals surface area (Å²) in [7, 11) is 0. The van der Waals surface area contributed by atoms with E-state index in [0.29, 0.717) is 90.8 Å². The number of nitrogens with zero attached hydrogens (tertiary/aromatic N) is 5. The number of carbonyl (C=O) groups is 4. The van der Waals surface area contributed by atoms with E-state index >= 15 is 0 Å². The molecule has 14 heteroatoms. The Morgan fingerprint density at radius 1 is 0.462 bits per heavy atom. The zero-order chi connectivity index (χ0) is 44.4. The van der Waals surface area contributed by atoms with Crippen LogP contribution in [0.5, 0.6) is 11.5 Å². The van der Waals surface area contributed by atoms with E-state index < -0.39 is 11.9 Å². The molecule has 0 saturated heterocycles. The van der Waals surface area contributed by atoms with Crippen molar-refractivity contribution in [1.82, 2.24) is 24.9 Å². The van der Waals surface area contributed by atoms with Gasteiger partial charge in [-0.05, 0) is 60.3 Å². The molecule has 1 radical (unpaired) electrons. The van der Waals surface area contributed by atoms with Crippen molar-refractivity contribution in [3.63, 3.8) is 0 Å². The molecule has 0 aliphatic carbocycles. The van der Waals surface area contributed by atoms with E-state index in [9.17, 15) is 29.4 Å². The molecule has 0 amide bonds. The van der Waals surface area contributed by atoms with Gasteiger partial charge >= 0.3 is 31.4 Å². The van der Waals surface area contributed by atoms with Gasteiger partial charge < -0.3 is 24.7 Å². The van der Waals surface area contributed by atoms with E-state index in [4.69, 9.17) is 9.47 Å². The molecule has 13 nitrogen and oxygen atoms in total. The van der Waals surface area contributed by atoms with Crippen LogP contribution in [0.4, 0.5) is 0 Å². The average Bonchev–Trinajstić information content (AvgIpc) is 3.34. The van der Waals surface area contributed by atoms with Gasteiger partial charge in [0.1, 0.15) is 11.5 Å². The van der Waals surface area contributed by atoms with E-state index in [0.717, 1.165) is 11.3 Å². The molecule has 0 saturated carbocycles. The predicted molar refractivity (Wildman–Crippen MR) is 241 cm³/mol. The molecule has 0 bridgehead atoms. The molecule has 65 heavy (non-hydrogen) atoms. The summed E-state index contributed by atoms with van der Waals surface area (Å²) in [4.78, 5) is 67.4. The molecular formula is C51H32N5O8Ru. The summed E-state index contributed by atoms with van der Waals surface area (Å²) < 4.78 is 10.2. The number of pyridine rings is 5. The third kappa shape index (κ3) is 10.0. The Morgan fingerprint density at radius 3 is 1.23 bits per heavy atom. The van der Waals surface area contributed by atoms with Crippen LogP contribution >= 0.6 is 0 Å². The maximum atomic E-state index is 11.6. The van der Waals surface area contributed by atoms with E-state index in [1.165, 1.54) is 12.1 Å². The average molecular weight is 944 g/mol. The number of hydrogen-bond donors (Lipinski definition) is 2. The molecule has 0 spiro atoms. The van der Waals surface area contributed by atoms with Gasteiger partial charge in [0.2, 0.25) is 0 Å². The number of aromatic carboxylic acids is 2. The van der Waals surface area contributed by atoms with Crippen molar-refractivity contribution in [1.29, 1.82) is 0 Å². The number of ether oxygens (including phenoxy) is 2. The van der Waals surface area contributed by atoms with Crippen molar-refractivity contribution in [3.05, 3.63) is 187 Å². The Hall–Kier alpha value is -8.61. The Bertz CT molecular complexity index is 3130. The SMILES string of the molecule is O=C(O)c1cc(-c2cc(C(=O)O)c3ccccc3n2)nc2ccccc12.O=COc1cc(-c2cc(OC=O)c3ccccc3n2)nc2ccccc12.[Ru+].[c-]1ccccc1-c1ccccn1. The first-order chi connectivity index (χ1) is 31.3. The van der Waals surface area contributed by atoms with E-state index in [1.807, 2.05) is 91.0 Å². The van der Waals surface area contributed by atoms with Crippen molar-refractivity contribution < 1.29 is 58.3 Å². The second-order valence-electron chi connectivity index (χ2n) is 13.7. The Kier molecular flexibility index (Phi) is 14.0. The van der Waals surface area contributed by atoms with Crippen molar-refractivity contribution in [2.75, 3.05) is 0 Å². The van der Waals surface area contributed by atoms with Gasteiger partial charge in [0.05, 0.1) is 56.0 Å². The Balaban J connectivity index is 0.000000154. The van der Waals surface area contributed by atoms with Crippen LogP contribution in [-0.2, 0) is 29.1 Å². The first-order valence-electron chi connectivity index (χ1n) is 19.5. The number of fused-ring (bicyclic) bond motifs is 4. The molecule has 0 fully saturated rings. The van der Waals surface area contributed by atoms with Crippen LogP contribution in [0.1, 0.15) is 20.7 Å². The molecule has 5 aromatic carbocycles. The first kappa shape index (κ1) is 44.4. The molecule has 0 aliphatic heterocycles. The minimum atomic E-state index is -1.08. The quantitative estimate of drug-likeness (QED) is 0.0790. The smallest absolute Gasteiger partial charge is 0.478 e. The third-order valence-electron chi connectivity index (χ3n) is 9.77. The number of rotatable bonds is 9. The third-order valence-corrected chi connectivity index (χ3v) is 9.77. The number of carboxylic acids is 2. The molecule has 10 rings (SSSR count). The van der Waals surface area contributed by atoms with E-state index in [1.54, 1.807) is 66.9 Å².